The molecule has 1 amide bonds. The van der Waals surface area contributed by atoms with Crippen molar-refractivity contribution in [1.82, 2.24) is 9.55 Å². The number of anilines is 1. The molecular weight excluding hydrogens is 334 g/mol. The molecule has 1 unspecified atom stereocenters. The first-order valence-corrected chi connectivity index (χ1v) is 9.59. The Morgan fingerprint density at radius 1 is 1.36 bits per heavy atom. The summed E-state index contributed by atoms with van der Waals surface area (Å²) in [6.07, 6.45) is 9.06. The van der Waals surface area contributed by atoms with Gasteiger partial charge in [-0.3, -0.25) is 4.79 Å². The molecule has 0 saturated heterocycles. The highest BCUT2D eigenvalue weighted by Crippen LogP contribution is 2.37. The average Bonchev–Trinajstić information content (AvgIpc) is 3.35. The minimum absolute atomic E-state index is 0.113. The molecule has 0 spiro atoms. The zero-order valence-electron chi connectivity index (χ0n) is 13.9. The predicted molar refractivity (Wildman–Crippen MR) is 100.0 cm³/mol. The number of aromatic hydroxyl groups is 1. The van der Waals surface area contributed by atoms with E-state index in [0.717, 1.165) is 30.0 Å². The Morgan fingerprint density at radius 2 is 2.16 bits per heavy atom. The summed E-state index contributed by atoms with van der Waals surface area (Å²) in [5.41, 5.74) is 0. The lowest BCUT2D eigenvalue weighted by molar-refractivity contribution is -0.119. The lowest BCUT2D eigenvalue weighted by Crippen LogP contribution is -2.27. The number of thiazole rings is 1. The molecule has 1 atom stereocenters. The van der Waals surface area contributed by atoms with Gasteiger partial charge in [0.15, 0.2) is 11.0 Å². The van der Waals surface area contributed by atoms with Crippen LogP contribution in [-0.4, -0.2) is 20.6 Å². The van der Waals surface area contributed by atoms with E-state index in [1.807, 2.05) is 35.8 Å². The van der Waals surface area contributed by atoms with Crippen molar-refractivity contribution in [3.63, 3.8) is 0 Å². The summed E-state index contributed by atoms with van der Waals surface area (Å²) >= 11 is 1.40. The molecule has 4 rings (SSSR count). The molecule has 1 saturated carbocycles. The second kappa shape index (κ2) is 6.88. The van der Waals surface area contributed by atoms with Crippen molar-refractivity contribution in [2.75, 3.05) is 5.32 Å². The number of benzene rings is 1. The van der Waals surface area contributed by atoms with Gasteiger partial charge in [-0.2, -0.15) is 0 Å². The first-order valence-electron chi connectivity index (χ1n) is 8.71. The van der Waals surface area contributed by atoms with Crippen molar-refractivity contribution in [1.29, 1.82) is 0 Å². The number of nitrogens with zero attached hydrogens (tertiary/aromatic N) is 2. The Bertz CT molecular complexity index is 866. The van der Waals surface area contributed by atoms with Crippen molar-refractivity contribution in [3.8, 4) is 5.88 Å². The van der Waals surface area contributed by atoms with E-state index in [-0.39, 0.29) is 11.8 Å². The molecule has 1 aromatic carbocycles. The maximum absolute atomic E-state index is 13.0. The number of amides is 1. The third-order valence-corrected chi connectivity index (χ3v) is 5.75. The fourth-order valence-electron chi connectivity index (χ4n) is 3.78. The van der Waals surface area contributed by atoms with Crippen LogP contribution in [0.15, 0.2) is 42.0 Å². The molecule has 0 radical (unpaired) electrons. The number of fused-ring (bicyclic) bond motifs is 1. The van der Waals surface area contributed by atoms with Crippen LogP contribution < -0.4 is 5.32 Å². The van der Waals surface area contributed by atoms with Crippen LogP contribution in [0, 0.1) is 5.92 Å². The van der Waals surface area contributed by atoms with Crippen molar-refractivity contribution in [2.24, 2.45) is 5.92 Å². The zero-order valence-corrected chi connectivity index (χ0v) is 14.7. The van der Waals surface area contributed by atoms with Gasteiger partial charge in [0.2, 0.25) is 5.91 Å². The van der Waals surface area contributed by atoms with Gasteiger partial charge in [-0.1, -0.05) is 43.9 Å². The third-order valence-electron chi connectivity index (χ3n) is 5.06. The molecule has 2 aromatic heterocycles. The molecular formula is C19H21N3O2S. The fourth-order valence-corrected chi connectivity index (χ4v) is 4.32. The minimum Gasteiger partial charge on any atom is -0.494 e. The number of rotatable bonds is 5. The standard InChI is InChI=1S/C19H21N3O2S/c23-17(21-19-20-9-10-25-19)16(11-13-5-1-2-6-13)22-12-14-7-3-4-8-15(14)18(22)24/h3-4,7-10,12-13,16,24H,1-2,5-6,11H2,(H,20,21,23). The van der Waals surface area contributed by atoms with E-state index in [1.165, 1.54) is 24.2 Å². The van der Waals surface area contributed by atoms with E-state index in [9.17, 15) is 9.90 Å². The van der Waals surface area contributed by atoms with E-state index < -0.39 is 6.04 Å². The molecule has 25 heavy (non-hydrogen) atoms. The summed E-state index contributed by atoms with van der Waals surface area (Å²) in [6.45, 7) is 0. The van der Waals surface area contributed by atoms with Crippen LogP contribution in [0.4, 0.5) is 5.13 Å². The van der Waals surface area contributed by atoms with Gasteiger partial charge in [-0.05, 0) is 18.4 Å². The van der Waals surface area contributed by atoms with Gasteiger partial charge in [0.25, 0.3) is 0 Å². The molecule has 1 fully saturated rings. The first-order chi connectivity index (χ1) is 12.2. The van der Waals surface area contributed by atoms with Crippen molar-refractivity contribution in [2.45, 2.75) is 38.1 Å². The Kier molecular flexibility index (Phi) is 4.44. The van der Waals surface area contributed by atoms with Crippen molar-refractivity contribution < 1.29 is 9.90 Å². The second-order valence-corrected chi connectivity index (χ2v) is 7.57. The number of carbonyl (C=O) groups excluding carboxylic acids is 1. The van der Waals surface area contributed by atoms with E-state index in [2.05, 4.69) is 10.3 Å². The lowest BCUT2D eigenvalue weighted by Gasteiger charge is -2.22. The monoisotopic (exact) mass is 355 g/mol. The van der Waals surface area contributed by atoms with E-state index >= 15 is 0 Å². The van der Waals surface area contributed by atoms with Crippen LogP contribution in [0.1, 0.15) is 38.1 Å². The minimum atomic E-state index is -0.431. The summed E-state index contributed by atoms with van der Waals surface area (Å²) in [6, 6.07) is 7.24. The van der Waals surface area contributed by atoms with Gasteiger partial charge in [0.1, 0.15) is 6.04 Å². The highest BCUT2D eigenvalue weighted by molar-refractivity contribution is 7.13. The summed E-state index contributed by atoms with van der Waals surface area (Å²) < 4.78 is 1.73. The quantitative estimate of drug-likeness (QED) is 0.705. The number of nitrogens with one attached hydrogen (secondary N) is 1. The highest BCUT2D eigenvalue weighted by atomic mass is 32.1. The van der Waals surface area contributed by atoms with Crippen LogP contribution in [0.25, 0.3) is 10.8 Å². The largest absolute Gasteiger partial charge is 0.494 e. The average molecular weight is 355 g/mol. The topological polar surface area (TPSA) is 67.2 Å². The molecule has 2 N–H and O–H groups in total. The summed E-state index contributed by atoms with van der Waals surface area (Å²) in [4.78, 5) is 17.1. The summed E-state index contributed by atoms with van der Waals surface area (Å²) in [5, 5.41) is 17.7. The number of hydrogen-bond acceptors (Lipinski definition) is 4. The molecule has 3 aromatic rings. The molecule has 0 bridgehead atoms. The second-order valence-electron chi connectivity index (χ2n) is 6.68. The first kappa shape index (κ1) is 16.1. The van der Waals surface area contributed by atoms with Gasteiger partial charge < -0.3 is 15.0 Å². The van der Waals surface area contributed by atoms with Crippen molar-refractivity contribution in [3.05, 3.63) is 42.0 Å². The predicted octanol–water partition coefficient (Wildman–Crippen LogP) is 4.56. The van der Waals surface area contributed by atoms with Gasteiger partial charge in [-0.15, -0.1) is 11.3 Å². The van der Waals surface area contributed by atoms with Crippen molar-refractivity contribution >= 4 is 33.1 Å². The van der Waals surface area contributed by atoms with Gasteiger partial charge in [0.05, 0.1) is 0 Å². The number of carbonyl (C=O) groups is 1. The van der Waals surface area contributed by atoms with Crippen LogP contribution in [-0.2, 0) is 4.79 Å². The normalized spacial score (nSPS) is 16.3. The summed E-state index contributed by atoms with van der Waals surface area (Å²) in [7, 11) is 0. The fraction of sp³-hybridized carbons (Fsp3) is 0.368. The maximum Gasteiger partial charge on any atom is 0.249 e. The molecule has 5 nitrogen and oxygen atoms in total. The molecule has 130 valence electrons. The lowest BCUT2D eigenvalue weighted by atomic mass is 9.97. The zero-order chi connectivity index (χ0) is 17.2. The van der Waals surface area contributed by atoms with Gasteiger partial charge in [0, 0.05) is 28.5 Å². The van der Waals surface area contributed by atoms with Gasteiger partial charge in [-0.25, -0.2) is 4.98 Å². The highest BCUT2D eigenvalue weighted by Gasteiger charge is 2.29. The van der Waals surface area contributed by atoms with Gasteiger partial charge >= 0.3 is 0 Å². The third kappa shape index (κ3) is 3.26. The molecule has 1 aliphatic carbocycles. The molecule has 1 aliphatic rings. The van der Waals surface area contributed by atoms with Crippen LogP contribution in [0.2, 0.25) is 0 Å². The van der Waals surface area contributed by atoms with Crippen LogP contribution in [0.3, 0.4) is 0 Å². The number of aromatic nitrogens is 2. The van der Waals surface area contributed by atoms with Crippen LogP contribution in [0.5, 0.6) is 5.88 Å². The molecule has 0 aliphatic heterocycles. The SMILES string of the molecule is O=C(Nc1nccs1)C(CC1CCCC1)n1cc2ccccc2c1O. The van der Waals surface area contributed by atoms with E-state index in [1.54, 1.807) is 10.8 Å². The smallest absolute Gasteiger partial charge is 0.249 e. The van der Waals surface area contributed by atoms with E-state index in [0.29, 0.717) is 11.0 Å². The van der Waals surface area contributed by atoms with Crippen LogP contribution >= 0.6 is 11.3 Å². The Balaban J connectivity index is 1.67. The summed E-state index contributed by atoms with van der Waals surface area (Å²) in [5.74, 6) is 0.572. The molecule has 2 heterocycles. The Labute approximate surface area is 150 Å². The molecule has 6 heteroatoms. The Hall–Kier alpha value is -2.34. The number of hydrogen-bond donors (Lipinski definition) is 2. The maximum atomic E-state index is 13.0. The van der Waals surface area contributed by atoms with E-state index in [4.69, 9.17) is 0 Å². The Morgan fingerprint density at radius 3 is 2.88 bits per heavy atom.